The van der Waals surface area contributed by atoms with Gasteiger partial charge in [-0.1, -0.05) is 54.6 Å². The highest BCUT2D eigenvalue weighted by molar-refractivity contribution is 5.87. The summed E-state index contributed by atoms with van der Waals surface area (Å²) in [4.78, 5) is 14.6. The Morgan fingerprint density at radius 2 is 1.49 bits per heavy atom. The molecule has 0 unspecified atom stereocenters. The highest BCUT2D eigenvalue weighted by atomic mass is 16.3. The summed E-state index contributed by atoms with van der Waals surface area (Å²) < 4.78 is 1.91. The van der Waals surface area contributed by atoms with Crippen molar-refractivity contribution in [3.05, 3.63) is 90.6 Å². The van der Waals surface area contributed by atoms with Crippen LogP contribution >= 0.6 is 0 Å². The maximum Gasteiger partial charge on any atom is 0.171 e. The van der Waals surface area contributed by atoms with Crippen LogP contribution in [0, 0.1) is 5.92 Å². The van der Waals surface area contributed by atoms with Crippen LogP contribution in [-0.4, -0.2) is 40.3 Å². The summed E-state index contributed by atoms with van der Waals surface area (Å²) in [5, 5.41) is 19.7. The number of nitrogens with two attached hydrogens (primary N) is 2. The predicted molar refractivity (Wildman–Crippen MR) is 157 cm³/mol. The molecule has 0 radical (unpaired) electrons. The Bertz CT molecular complexity index is 1920. The molecular formula is C32H28N8O. The topological polar surface area (TPSA) is 141 Å². The van der Waals surface area contributed by atoms with E-state index in [0.717, 1.165) is 46.5 Å². The second-order valence-corrected chi connectivity index (χ2v) is 11.5. The van der Waals surface area contributed by atoms with Crippen LogP contribution in [0.4, 0.5) is 5.82 Å². The molecule has 2 fully saturated rings. The molecule has 2 aliphatic rings. The SMILES string of the molecule is Nc1ccc(-c2nnc3ccc4nc(-c5ccc(C6(N)CC(O)(C7CC7)C6)cc5)c(-c5ccccc5)nc4n23)cn1. The molecule has 6 aromatic rings. The molecule has 2 saturated carbocycles. The summed E-state index contributed by atoms with van der Waals surface area (Å²) in [6.45, 7) is 0. The van der Waals surface area contributed by atoms with Crippen molar-refractivity contribution in [2.75, 3.05) is 5.73 Å². The zero-order valence-electron chi connectivity index (χ0n) is 22.3. The first kappa shape index (κ1) is 24.1. The fourth-order valence-electron chi connectivity index (χ4n) is 6.32. The van der Waals surface area contributed by atoms with E-state index in [4.69, 9.17) is 21.4 Å². The van der Waals surface area contributed by atoms with E-state index >= 15 is 0 Å². The zero-order valence-corrected chi connectivity index (χ0v) is 22.3. The quantitative estimate of drug-likeness (QED) is 0.285. The summed E-state index contributed by atoms with van der Waals surface area (Å²) >= 11 is 0. The average Bonchev–Trinajstić information content (AvgIpc) is 3.76. The lowest BCUT2D eigenvalue weighted by molar-refractivity contribution is -0.106. The maximum absolute atomic E-state index is 10.9. The molecule has 4 aromatic heterocycles. The van der Waals surface area contributed by atoms with Crippen molar-refractivity contribution in [3.63, 3.8) is 0 Å². The Kier molecular flexibility index (Phi) is 5.07. The van der Waals surface area contributed by atoms with Gasteiger partial charge in [0.25, 0.3) is 0 Å². The van der Waals surface area contributed by atoms with Gasteiger partial charge in [-0.2, -0.15) is 0 Å². The Morgan fingerprint density at radius 1 is 0.780 bits per heavy atom. The molecule has 202 valence electrons. The third kappa shape index (κ3) is 3.88. The van der Waals surface area contributed by atoms with Crippen molar-refractivity contribution in [1.82, 2.24) is 29.5 Å². The smallest absolute Gasteiger partial charge is 0.171 e. The monoisotopic (exact) mass is 540 g/mol. The van der Waals surface area contributed by atoms with Crippen LogP contribution in [0.1, 0.15) is 31.2 Å². The third-order valence-corrected chi connectivity index (χ3v) is 8.60. The second-order valence-electron chi connectivity index (χ2n) is 11.5. The van der Waals surface area contributed by atoms with E-state index < -0.39 is 11.1 Å². The average molecular weight is 541 g/mol. The van der Waals surface area contributed by atoms with Gasteiger partial charge in [-0.3, -0.25) is 4.40 Å². The third-order valence-electron chi connectivity index (χ3n) is 8.60. The fourth-order valence-corrected chi connectivity index (χ4v) is 6.32. The molecule has 4 heterocycles. The summed E-state index contributed by atoms with van der Waals surface area (Å²) in [7, 11) is 0. The molecule has 41 heavy (non-hydrogen) atoms. The van der Waals surface area contributed by atoms with Crippen LogP contribution in [0.3, 0.4) is 0 Å². The van der Waals surface area contributed by atoms with E-state index in [1.807, 2.05) is 52.9 Å². The molecule has 0 bridgehead atoms. The van der Waals surface area contributed by atoms with Crippen molar-refractivity contribution >= 4 is 22.6 Å². The normalized spacial score (nSPS) is 22.2. The van der Waals surface area contributed by atoms with Crippen LogP contribution in [0.15, 0.2) is 85.1 Å². The number of nitrogens with zero attached hydrogens (tertiary/aromatic N) is 6. The Labute approximate surface area is 235 Å². The summed E-state index contributed by atoms with van der Waals surface area (Å²) in [5.74, 6) is 1.46. The van der Waals surface area contributed by atoms with Gasteiger partial charge in [0.05, 0.1) is 17.0 Å². The number of fused-ring (bicyclic) bond motifs is 3. The van der Waals surface area contributed by atoms with Crippen molar-refractivity contribution in [3.8, 4) is 33.9 Å². The number of nitrogen functional groups attached to an aromatic ring is 1. The molecule has 0 atom stereocenters. The second kappa shape index (κ2) is 8.63. The molecule has 9 heteroatoms. The number of hydrogen-bond donors (Lipinski definition) is 3. The molecule has 2 aromatic carbocycles. The number of aromatic nitrogens is 6. The summed E-state index contributed by atoms with van der Waals surface area (Å²) in [5.41, 5.74) is 18.7. The first-order valence-electron chi connectivity index (χ1n) is 13.9. The Morgan fingerprint density at radius 3 is 2.20 bits per heavy atom. The lowest BCUT2D eigenvalue weighted by atomic mass is 9.60. The number of pyridine rings is 2. The van der Waals surface area contributed by atoms with Crippen molar-refractivity contribution < 1.29 is 5.11 Å². The Balaban J connectivity index is 1.26. The lowest BCUT2D eigenvalue weighted by Gasteiger charge is -2.52. The minimum Gasteiger partial charge on any atom is -0.389 e. The van der Waals surface area contributed by atoms with Crippen molar-refractivity contribution in [2.24, 2.45) is 11.7 Å². The number of hydrogen-bond acceptors (Lipinski definition) is 8. The van der Waals surface area contributed by atoms with Crippen molar-refractivity contribution in [2.45, 2.75) is 36.8 Å². The van der Waals surface area contributed by atoms with Crippen LogP contribution in [0.5, 0.6) is 0 Å². The Hall–Kier alpha value is -4.73. The van der Waals surface area contributed by atoms with Gasteiger partial charge in [0.2, 0.25) is 0 Å². The molecule has 0 spiro atoms. The van der Waals surface area contributed by atoms with E-state index in [1.165, 1.54) is 0 Å². The number of anilines is 1. The van der Waals surface area contributed by atoms with Crippen molar-refractivity contribution in [1.29, 1.82) is 0 Å². The summed E-state index contributed by atoms with van der Waals surface area (Å²) in [6.07, 6.45) is 5.11. The number of benzene rings is 2. The molecule has 5 N–H and O–H groups in total. The largest absolute Gasteiger partial charge is 0.389 e. The van der Waals surface area contributed by atoms with Crippen LogP contribution in [-0.2, 0) is 5.54 Å². The van der Waals surface area contributed by atoms with Gasteiger partial charge in [-0.15, -0.1) is 10.2 Å². The highest BCUT2D eigenvalue weighted by Crippen LogP contribution is 2.57. The van der Waals surface area contributed by atoms with Crippen LogP contribution < -0.4 is 11.5 Å². The lowest BCUT2D eigenvalue weighted by Crippen LogP contribution is -2.60. The zero-order chi connectivity index (χ0) is 27.8. The van der Waals surface area contributed by atoms with Gasteiger partial charge in [-0.25, -0.2) is 15.0 Å². The molecule has 0 saturated heterocycles. The number of aliphatic hydroxyl groups is 1. The minimum atomic E-state index is -0.605. The predicted octanol–water partition coefficient (Wildman–Crippen LogP) is 4.74. The first-order valence-corrected chi connectivity index (χ1v) is 13.9. The fraction of sp³-hybridized carbons (Fsp3) is 0.219. The van der Waals surface area contributed by atoms with Crippen LogP contribution in [0.2, 0.25) is 0 Å². The summed E-state index contributed by atoms with van der Waals surface area (Å²) in [6, 6.07) is 25.7. The van der Waals surface area contributed by atoms with E-state index in [1.54, 1.807) is 12.3 Å². The molecule has 0 aliphatic heterocycles. The van der Waals surface area contributed by atoms with Gasteiger partial charge in [0.15, 0.2) is 17.1 Å². The van der Waals surface area contributed by atoms with E-state index in [-0.39, 0.29) is 0 Å². The number of rotatable bonds is 5. The molecule has 9 nitrogen and oxygen atoms in total. The van der Waals surface area contributed by atoms with Gasteiger partial charge < -0.3 is 16.6 Å². The van der Waals surface area contributed by atoms with Gasteiger partial charge >= 0.3 is 0 Å². The molecule has 8 rings (SSSR count). The first-order chi connectivity index (χ1) is 19.9. The van der Waals surface area contributed by atoms with Crippen LogP contribution in [0.25, 0.3) is 50.7 Å². The molecule has 2 aliphatic carbocycles. The molecule has 0 amide bonds. The standard InChI is InChI=1S/C32H28N8O/c33-25-14-8-21(16-35-25)29-39-38-26-15-13-24-30(40(26)29)37-28(19-4-2-1-3-5-19)27(36-24)20-6-9-22(10-7-20)31(34)17-32(41,18-31)23-11-12-23/h1-10,13-16,23,41H,11-12,17-18,34H2,(H2,33,35). The molecular weight excluding hydrogens is 512 g/mol. The van der Waals surface area contributed by atoms with E-state index in [9.17, 15) is 5.11 Å². The van der Waals surface area contributed by atoms with Gasteiger partial charge in [0, 0.05) is 28.4 Å². The van der Waals surface area contributed by atoms with E-state index in [0.29, 0.717) is 47.2 Å². The van der Waals surface area contributed by atoms with Gasteiger partial charge in [-0.05, 0) is 61.4 Å². The van der Waals surface area contributed by atoms with E-state index in [2.05, 4.69) is 39.4 Å². The maximum atomic E-state index is 10.9. The van der Waals surface area contributed by atoms with Gasteiger partial charge in [0.1, 0.15) is 11.3 Å². The highest BCUT2D eigenvalue weighted by Gasteiger charge is 2.58. The minimum absolute atomic E-state index is 0.411.